The summed E-state index contributed by atoms with van der Waals surface area (Å²) in [5.74, 6) is -2.33. The van der Waals surface area contributed by atoms with Crippen molar-refractivity contribution in [3.05, 3.63) is 72.0 Å². The molecule has 0 atom stereocenters. The van der Waals surface area contributed by atoms with Crippen LogP contribution >= 0.6 is 0 Å². The highest BCUT2D eigenvalue weighted by molar-refractivity contribution is 7.91. The molecule has 0 aliphatic carbocycles. The van der Waals surface area contributed by atoms with Crippen molar-refractivity contribution >= 4 is 33.1 Å². The molecule has 0 fully saturated rings. The van der Waals surface area contributed by atoms with Crippen molar-refractivity contribution in [2.75, 3.05) is 5.73 Å². The fraction of sp³-hybridized carbons (Fsp3) is 0.0909. The van der Waals surface area contributed by atoms with E-state index in [0.717, 1.165) is 6.07 Å². The van der Waals surface area contributed by atoms with Gasteiger partial charge in [0.15, 0.2) is 5.96 Å². The Morgan fingerprint density at radius 1 is 1.03 bits per heavy atom. The minimum absolute atomic E-state index is 0.0180. The topological polar surface area (TPSA) is 162 Å². The molecule has 32 heavy (non-hydrogen) atoms. The van der Waals surface area contributed by atoms with E-state index in [4.69, 9.17) is 22.3 Å². The summed E-state index contributed by atoms with van der Waals surface area (Å²) in [5.41, 5.74) is 17.9. The quantitative estimate of drug-likeness (QED) is 0.241. The number of carboxylic acid groups (broad SMARTS) is 1. The zero-order valence-electron chi connectivity index (χ0n) is 16.8. The van der Waals surface area contributed by atoms with Gasteiger partial charge >= 0.3 is 5.97 Å². The van der Waals surface area contributed by atoms with Crippen LogP contribution < -0.4 is 17.2 Å². The van der Waals surface area contributed by atoms with E-state index in [-0.39, 0.29) is 46.2 Å². The van der Waals surface area contributed by atoms with Crippen LogP contribution in [-0.4, -0.2) is 25.5 Å². The van der Waals surface area contributed by atoms with Crippen LogP contribution in [0.2, 0.25) is 0 Å². The number of halogens is 1. The molecule has 0 radical (unpaired) electrons. The van der Waals surface area contributed by atoms with Gasteiger partial charge in [-0.25, -0.2) is 17.8 Å². The molecule has 0 heterocycles. The second-order valence-corrected chi connectivity index (χ2v) is 8.82. The molecule has 0 unspecified atom stereocenters. The monoisotopic (exact) mass is 456 g/mol. The molecule has 0 aliphatic heterocycles. The molecule has 0 saturated heterocycles. The van der Waals surface area contributed by atoms with Crippen molar-refractivity contribution in [3.63, 3.8) is 0 Å². The Morgan fingerprint density at radius 2 is 1.75 bits per heavy atom. The van der Waals surface area contributed by atoms with Gasteiger partial charge in [-0.3, -0.25) is 4.79 Å². The first kappa shape index (κ1) is 22.8. The fourth-order valence-corrected chi connectivity index (χ4v) is 4.92. The van der Waals surface area contributed by atoms with Crippen LogP contribution in [0.3, 0.4) is 0 Å². The number of carboxylic acids is 1. The van der Waals surface area contributed by atoms with Crippen molar-refractivity contribution in [1.29, 1.82) is 0 Å². The third-order valence-corrected chi connectivity index (χ3v) is 6.50. The van der Waals surface area contributed by atoms with Crippen molar-refractivity contribution in [1.82, 2.24) is 0 Å². The lowest BCUT2D eigenvalue weighted by Crippen LogP contribution is -2.21. The van der Waals surface area contributed by atoms with Crippen molar-refractivity contribution in [2.45, 2.75) is 22.6 Å². The van der Waals surface area contributed by atoms with E-state index < -0.39 is 26.5 Å². The van der Waals surface area contributed by atoms with Crippen LogP contribution in [0, 0.1) is 5.82 Å². The van der Waals surface area contributed by atoms with E-state index in [0.29, 0.717) is 5.56 Å². The number of benzene rings is 3. The molecule has 166 valence electrons. The third-order valence-electron chi connectivity index (χ3n) is 4.69. The predicted octanol–water partition coefficient (Wildman–Crippen LogP) is 2.83. The summed E-state index contributed by atoms with van der Waals surface area (Å²) in [6.45, 7) is 0. The first-order valence-electron chi connectivity index (χ1n) is 9.44. The maximum Gasteiger partial charge on any atom is 0.303 e. The second kappa shape index (κ2) is 9.06. The lowest BCUT2D eigenvalue weighted by molar-refractivity contribution is -0.136. The number of carbonyl (C=O) groups is 1. The van der Waals surface area contributed by atoms with Crippen molar-refractivity contribution in [2.24, 2.45) is 16.5 Å². The second-order valence-electron chi connectivity index (χ2n) is 6.93. The average molecular weight is 456 g/mol. The van der Waals surface area contributed by atoms with Crippen LogP contribution in [0.5, 0.6) is 0 Å². The standard InChI is InChI=1S/C22H21FN4O4S/c23-17-10-8-13(9-11-19(28)29)20(16-6-1-2-7-18(16)24)21(17)32(30,31)15-5-3-4-14(12-15)27-22(25)26/h1-8,10,12H,9,11,24H2,(H,28,29)(H4,25,26,27). The lowest BCUT2D eigenvalue weighted by atomic mass is 9.95. The largest absolute Gasteiger partial charge is 0.481 e. The van der Waals surface area contributed by atoms with Gasteiger partial charge in [0.05, 0.1) is 10.6 Å². The summed E-state index contributed by atoms with van der Waals surface area (Å²) in [6, 6.07) is 14.2. The fourth-order valence-electron chi connectivity index (χ4n) is 3.32. The summed E-state index contributed by atoms with van der Waals surface area (Å²) in [7, 11) is -4.41. The number of aliphatic imine (C=N–C) groups is 1. The van der Waals surface area contributed by atoms with Crippen LogP contribution in [-0.2, 0) is 21.1 Å². The summed E-state index contributed by atoms with van der Waals surface area (Å²) in [5, 5.41) is 9.11. The Kier molecular flexibility index (Phi) is 6.45. The van der Waals surface area contributed by atoms with Crippen LogP contribution in [0.25, 0.3) is 11.1 Å². The van der Waals surface area contributed by atoms with Crippen LogP contribution in [0.4, 0.5) is 15.8 Å². The predicted molar refractivity (Wildman–Crippen MR) is 120 cm³/mol. The van der Waals surface area contributed by atoms with Crippen LogP contribution in [0.1, 0.15) is 12.0 Å². The number of nitrogen functional groups attached to an aromatic ring is 1. The number of hydrogen-bond donors (Lipinski definition) is 4. The number of hydrogen-bond acceptors (Lipinski definition) is 5. The van der Waals surface area contributed by atoms with Gasteiger partial charge in [-0.2, -0.15) is 0 Å². The lowest BCUT2D eigenvalue weighted by Gasteiger charge is -2.18. The molecule has 10 heteroatoms. The Bertz CT molecular complexity index is 1320. The third kappa shape index (κ3) is 4.70. The molecular formula is C22H21FN4O4S. The van der Waals surface area contributed by atoms with E-state index in [2.05, 4.69) is 4.99 Å². The van der Waals surface area contributed by atoms with Crippen molar-refractivity contribution in [3.8, 4) is 11.1 Å². The number of anilines is 1. The number of sulfone groups is 1. The molecule has 0 spiro atoms. The van der Waals surface area contributed by atoms with Gasteiger partial charge in [-0.1, -0.05) is 30.3 Å². The average Bonchev–Trinajstić information content (AvgIpc) is 2.72. The summed E-state index contributed by atoms with van der Waals surface area (Å²) in [4.78, 5) is 14.1. The van der Waals surface area contributed by atoms with Gasteiger partial charge in [0.1, 0.15) is 10.7 Å². The van der Waals surface area contributed by atoms with E-state index in [1.807, 2.05) is 0 Å². The van der Waals surface area contributed by atoms with Gasteiger partial charge in [-0.15, -0.1) is 0 Å². The molecule has 3 aromatic carbocycles. The Balaban J connectivity index is 2.32. The number of nitrogens with zero attached hydrogens (tertiary/aromatic N) is 1. The highest BCUT2D eigenvalue weighted by atomic mass is 32.2. The Labute approximate surface area is 184 Å². The minimum Gasteiger partial charge on any atom is -0.481 e. The molecule has 3 rings (SSSR count). The molecule has 7 N–H and O–H groups in total. The van der Waals surface area contributed by atoms with E-state index in [1.165, 1.54) is 30.3 Å². The number of aliphatic carboxylic acids is 1. The molecule has 0 bridgehead atoms. The van der Waals surface area contributed by atoms with E-state index >= 15 is 4.39 Å². The van der Waals surface area contributed by atoms with Crippen LogP contribution in [0.15, 0.2) is 75.4 Å². The first-order valence-corrected chi connectivity index (χ1v) is 10.9. The first-order chi connectivity index (χ1) is 15.1. The number of aryl methyl sites for hydroxylation is 1. The van der Waals surface area contributed by atoms with Gasteiger partial charge in [0.25, 0.3) is 0 Å². The SMILES string of the molecule is NC(N)=Nc1cccc(S(=O)(=O)c2c(F)ccc(CCC(=O)O)c2-c2ccccc2N)c1. The summed E-state index contributed by atoms with van der Waals surface area (Å²) in [6.07, 6.45) is -0.291. The zero-order valence-corrected chi connectivity index (χ0v) is 17.6. The number of nitrogens with two attached hydrogens (primary N) is 3. The van der Waals surface area contributed by atoms with Gasteiger partial charge in [0, 0.05) is 23.2 Å². The Morgan fingerprint density at radius 3 is 2.41 bits per heavy atom. The summed E-state index contributed by atoms with van der Waals surface area (Å²) < 4.78 is 42.3. The van der Waals surface area contributed by atoms with Crippen molar-refractivity contribution < 1.29 is 22.7 Å². The van der Waals surface area contributed by atoms with E-state index in [1.54, 1.807) is 24.3 Å². The van der Waals surface area contributed by atoms with E-state index in [9.17, 15) is 13.2 Å². The maximum absolute atomic E-state index is 15.1. The molecule has 8 nitrogen and oxygen atoms in total. The number of para-hydroxylation sites is 1. The molecule has 0 amide bonds. The smallest absolute Gasteiger partial charge is 0.303 e. The Hall–Kier alpha value is -3.92. The maximum atomic E-state index is 15.1. The minimum atomic E-state index is -4.41. The molecular weight excluding hydrogens is 435 g/mol. The zero-order chi connectivity index (χ0) is 23.5. The molecule has 3 aromatic rings. The summed E-state index contributed by atoms with van der Waals surface area (Å²) >= 11 is 0. The normalized spacial score (nSPS) is 11.2. The van der Waals surface area contributed by atoms with Gasteiger partial charge in [0.2, 0.25) is 9.84 Å². The van der Waals surface area contributed by atoms with Gasteiger partial charge in [-0.05, 0) is 42.3 Å². The highest BCUT2D eigenvalue weighted by Crippen LogP contribution is 2.39. The number of rotatable bonds is 7. The molecule has 0 aromatic heterocycles. The molecule has 0 saturated carbocycles. The number of guanidine groups is 1. The van der Waals surface area contributed by atoms with Gasteiger partial charge < -0.3 is 22.3 Å². The highest BCUT2D eigenvalue weighted by Gasteiger charge is 2.29. The molecule has 0 aliphatic rings.